The first-order valence-corrected chi connectivity index (χ1v) is 7.80. The SMILES string of the molecule is CC(C)(C)OC(=O)N1CC(COc2c(F)cc(N)cc2Br)C1. The lowest BCUT2D eigenvalue weighted by Crippen LogP contribution is -2.53. The Kier molecular flexibility index (Phi) is 4.84. The van der Waals surface area contributed by atoms with Crippen LogP contribution in [0.4, 0.5) is 14.9 Å². The number of carbonyl (C=O) groups is 1. The minimum absolute atomic E-state index is 0.143. The zero-order valence-corrected chi connectivity index (χ0v) is 14.4. The molecule has 0 bridgehead atoms. The summed E-state index contributed by atoms with van der Waals surface area (Å²) in [6.07, 6.45) is -0.330. The number of carbonyl (C=O) groups excluding carboxylic acids is 1. The van der Waals surface area contributed by atoms with Gasteiger partial charge in [-0.15, -0.1) is 0 Å². The minimum atomic E-state index is -0.504. The van der Waals surface area contributed by atoms with Gasteiger partial charge in [-0.3, -0.25) is 0 Å². The van der Waals surface area contributed by atoms with E-state index in [1.165, 1.54) is 6.07 Å². The van der Waals surface area contributed by atoms with E-state index in [0.29, 0.717) is 29.9 Å². The van der Waals surface area contributed by atoms with Crippen LogP contribution in [0, 0.1) is 11.7 Å². The van der Waals surface area contributed by atoms with Gasteiger partial charge < -0.3 is 20.1 Å². The molecular weight excluding hydrogens is 355 g/mol. The summed E-state index contributed by atoms with van der Waals surface area (Å²) in [6, 6.07) is 2.81. The molecule has 1 saturated heterocycles. The lowest BCUT2D eigenvalue weighted by Gasteiger charge is -2.39. The van der Waals surface area contributed by atoms with Crippen LogP contribution in [0.3, 0.4) is 0 Å². The Hall–Kier alpha value is -1.50. The molecule has 0 spiro atoms. The van der Waals surface area contributed by atoms with Crippen molar-refractivity contribution in [3.63, 3.8) is 0 Å². The molecule has 1 aliphatic heterocycles. The van der Waals surface area contributed by atoms with Gasteiger partial charge in [-0.05, 0) is 42.8 Å². The molecule has 1 aliphatic rings. The van der Waals surface area contributed by atoms with Crippen molar-refractivity contribution in [2.75, 3.05) is 25.4 Å². The third kappa shape index (κ3) is 4.25. The van der Waals surface area contributed by atoms with E-state index >= 15 is 0 Å². The van der Waals surface area contributed by atoms with E-state index in [1.807, 2.05) is 20.8 Å². The van der Waals surface area contributed by atoms with Crippen molar-refractivity contribution < 1.29 is 18.7 Å². The number of hydrogen-bond acceptors (Lipinski definition) is 4. The maximum atomic E-state index is 13.8. The maximum absolute atomic E-state index is 13.8. The highest BCUT2D eigenvalue weighted by Gasteiger charge is 2.34. The number of hydrogen-bond donors (Lipinski definition) is 1. The Labute approximate surface area is 137 Å². The number of anilines is 1. The standard InChI is InChI=1S/C15H20BrFN2O3/c1-15(2,3)22-14(20)19-6-9(7-19)8-21-13-11(16)4-10(18)5-12(13)17/h4-5,9H,6-8,18H2,1-3H3. The molecule has 0 unspecified atom stereocenters. The molecule has 0 aliphatic carbocycles. The average molecular weight is 375 g/mol. The first kappa shape index (κ1) is 16.9. The summed E-state index contributed by atoms with van der Waals surface area (Å²) in [5.41, 5.74) is 5.37. The quantitative estimate of drug-likeness (QED) is 0.823. The lowest BCUT2D eigenvalue weighted by molar-refractivity contribution is -0.00809. The predicted molar refractivity (Wildman–Crippen MR) is 85.3 cm³/mol. The van der Waals surface area contributed by atoms with Gasteiger partial charge in [0.2, 0.25) is 0 Å². The van der Waals surface area contributed by atoms with Crippen molar-refractivity contribution in [1.29, 1.82) is 0 Å². The summed E-state index contributed by atoms with van der Waals surface area (Å²) in [4.78, 5) is 13.4. The molecule has 0 atom stereocenters. The summed E-state index contributed by atoms with van der Waals surface area (Å²) >= 11 is 3.23. The predicted octanol–water partition coefficient (Wildman–Crippen LogP) is 3.42. The van der Waals surface area contributed by atoms with Crippen LogP contribution < -0.4 is 10.5 Å². The summed E-state index contributed by atoms with van der Waals surface area (Å²) in [7, 11) is 0. The van der Waals surface area contributed by atoms with Gasteiger partial charge in [0.25, 0.3) is 0 Å². The second-order valence-electron chi connectivity index (χ2n) is 6.38. The van der Waals surface area contributed by atoms with Crippen molar-refractivity contribution in [3.8, 4) is 5.75 Å². The Morgan fingerprint density at radius 1 is 1.45 bits per heavy atom. The normalized spacial score (nSPS) is 15.4. The van der Waals surface area contributed by atoms with Crippen LogP contribution in [0.25, 0.3) is 0 Å². The Balaban J connectivity index is 1.81. The molecule has 2 N–H and O–H groups in total. The van der Waals surface area contributed by atoms with E-state index in [0.717, 1.165) is 0 Å². The molecule has 122 valence electrons. The molecule has 1 aromatic carbocycles. The molecule has 22 heavy (non-hydrogen) atoms. The van der Waals surface area contributed by atoms with E-state index < -0.39 is 11.4 Å². The fourth-order valence-electron chi connectivity index (χ4n) is 2.07. The monoisotopic (exact) mass is 374 g/mol. The largest absolute Gasteiger partial charge is 0.489 e. The summed E-state index contributed by atoms with van der Waals surface area (Å²) in [5.74, 6) is -0.198. The fourth-order valence-corrected chi connectivity index (χ4v) is 2.64. The van der Waals surface area contributed by atoms with Crippen LogP contribution in [-0.2, 0) is 4.74 Å². The van der Waals surface area contributed by atoms with Gasteiger partial charge in [0.05, 0.1) is 11.1 Å². The van der Waals surface area contributed by atoms with Crippen LogP contribution in [0.5, 0.6) is 5.75 Å². The van der Waals surface area contributed by atoms with Crippen molar-refractivity contribution in [3.05, 3.63) is 22.4 Å². The second-order valence-corrected chi connectivity index (χ2v) is 7.23. The number of amides is 1. The van der Waals surface area contributed by atoms with Gasteiger partial charge in [-0.25, -0.2) is 9.18 Å². The molecule has 1 fully saturated rings. The van der Waals surface area contributed by atoms with Crippen LogP contribution >= 0.6 is 15.9 Å². The van der Waals surface area contributed by atoms with Crippen molar-refractivity contribution in [2.24, 2.45) is 5.92 Å². The van der Waals surface area contributed by atoms with Crippen molar-refractivity contribution in [2.45, 2.75) is 26.4 Å². The number of halogens is 2. The van der Waals surface area contributed by atoms with E-state index in [1.54, 1.807) is 11.0 Å². The molecule has 1 amide bonds. The number of ether oxygens (including phenoxy) is 2. The topological polar surface area (TPSA) is 64.8 Å². The van der Waals surface area contributed by atoms with E-state index in [4.69, 9.17) is 15.2 Å². The van der Waals surface area contributed by atoms with Gasteiger partial charge in [-0.2, -0.15) is 0 Å². The average Bonchev–Trinajstić information content (AvgIpc) is 2.27. The Morgan fingerprint density at radius 3 is 2.64 bits per heavy atom. The first-order chi connectivity index (χ1) is 10.2. The number of nitrogens with two attached hydrogens (primary N) is 1. The van der Waals surface area contributed by atoms with Crippen LogP contribution in [0.2, 0.25) is 0 Å². The molecular formula is C15H20BrFN2O3. The zero-order chi connectivity index (χ0) is 16.5. The fraction of sp³-hybridized carbons (Fsp3) is 0.533. The van der Waals surface area contributed by atoms with E-state index in [-0.39, 0.29) is 17.8 Å². The van der Waals surface area contributed by atoms with Crippen molar-refractivity contribution in [1.82, 2.24) is 4.90 Å². The molecule has 5 nitrogen and oxygen atoms in total. The number of likely N-dealkylation sites (tertiary alicyclic amines) is 1. The van der Waals surface area contributed by atoms with Gasteiger partial charge in [0, 0.05) is 30.8 Å². The lowest BCUT2D eigenvalue weighted by atomic mass is 10.0. The van der Waals surface area contributed by atoms with Crippen LogP contribution in [0.15, 0.2) is 16.6 Å². The molecule has 2 rings (SSSR count). The molecule has 0 aromatic heterocycles. The van der Waals surface area contributed by atoms with Gasteiger partial charge in [0.1, 0.15) is 5.60 Å². The first-order valence-electron chi connectivity index (χ1n) is 7.01. The van der Waals surface area contributed by atoms with Crippen LogP contribution in [-0.4, -0.2) is 36.3 Å². The Morgan fingerprint density at radius 2 is 2.09 bits per heavy atom. The number of rotatable bonds is 3. The highest BCUT2D eigenvalue weighted by atomic mass is 79.9. The number of nitrogen functional groups attached to an aromatic ring is 1. The molecule has 7 heteroatoms. The second kappa shape index (κ2) is 6.32. The number of benzene rings is 1. The zero-order valence-electron chi connectivity index (χ0n) is 12.9. The molecule has 0 saturated carbocycles. The van der Waals surface area contributed by atoms with E-state index in [2.05, 4.69) is 15.9 Å². The number of nitrogens with zero attached hydrogens (tertiary/aromatic N) is 1. The maximum Gasteiger partial charge on any atom is 0.410 e. The van der Waals surface area contributed by atoms with Gasteiger partial charge >= 0.3 is 6.09 Å². The summed E-state index contributed by atoms with van der Waals surface area (Å²) in [5, 5.41) is 0. The van der Waals surface area contributed by atoms with Crippen LogP contribution in [0.1, 0.15) is 20.8 Å². The van der Waals surface area contributed by atoms with Gasteiger partial charge in [-0.1, -0.05) is 0 Å². The van der Waals surface area contributed by atoms with Crippen molar-refractivity contribution >= 4 is 27.7 Å². The smallest absolute Gasteiger partial charge is 0.410 e. The molecule has 1 heterocycles. The molecule has 0 radical (unpaired) electrons. The summed E-state index contributed by atoms with van der Waals surface area (Å²) in [6.45, 7) is 6.90. The Bertz CT molecular complexity index is 545. The third-order valence-corrected chi connectivity index (χ3v) is 3.68. The highest BCUT2D eigenvalue weighted by Crippen LogP contribution is 2.31. The van der Waals surface area contributed by atoms with E-state index in [9.17, 15) is 9.18 Å². The molecule has 1 aromatic rings. The highest BCUT2D eigenvalue weighted by molar-refractivity contribution is 9.10. The minimum Gasteiger partial charge on any atom is -0.489 e. The summed E-state index contributed by atoms with van der Waals surface area (Å²) < 4.78 is 25.0. The third-order valence-electron chi connectivity index (χ3n) is 3.09. The van der Waals surface area contributed by atoms with Gasteiger partial charge in [0.15, 0.2) is 11.6 Å².